The zero-order chi connectivity index (χ0) is 17.6. The van der Waals surface area contributed by atoms with Crippen LogP contribution in [0, 0.1) is 0 Å². The second-order valence-electron chi connectivity index (χ2n) is 6.07. The molecule has 0 atom stereocenters. The molecule has 6 heteroatoms. The molecule has 0 aliphatic carbocycles. The molecule has 0 unspecified atom stereocenters. The highest BCUT2D eigenvalue weighted by atomic mass is 16.5. The average molecular weight is 338 g/mol. The van der Waals surface area contributed by atoms with Crippen LogP contribution in [0.25, 0.3) is 17.3 Å². The van der Waals surface area contributed by atoms with Crippen LogP contribution < -0.4 is 10.6 Å². The third kappa shape index (κ3) is 4.42. The lowest BCUT2D eigenvalue weighted by Gasteiger charge is -2.30. The summed E-state index contributed by atoms with van der Waals surface area (Å²) in [6.07, 6.45) is 8.61. The molecule has 1 saturated heterocycles. The number of esters is 1. The summed E-state index contributed by atoms with van der Waals surface area (Å²) in [5.74, 6) is 0.496. The minimum atomic E-state index is -0.379. The van der Waals surface area contributed by atoms with Crippen LogP contribution in [0.4, 0.5) is 5.82 Å². The van der Waals surface area contributed by atoms with Crippen molar-refractivity contribution in [1.29, 1.82) is 0 Å². The molecular weight excluding hydrogens is 316 g/mol. The first-order valence-corrected chi connectivity index (χ1v) is 8.35. The molecule has 0 amide bonds. The average Bonchev–Trinajstić information content (AvgIpc) is 2.67. The van der Waals surface area contributed by atoms with Gasteiger partial charge in [0.1, 0.15) is 5.82 Å². The van der Waals surface area contributed by atoms with E-state index >= 15 is 0 Å². The highest BCUT2D eigenvalue weighted by Crippen LogP contribution is 2.22. The lowest BCUT2D eigenvalue weighted by atomic mass is 10.1. The maximum absolute atomic E-state index is 11.2. The maximum atomic E-state index is 11.2. The first-order valence-electron chi connectivity index (χ1n) is 8.35. The number of ether oxygens (including phenoxy) is 1. The third-order valence-corrected chi connectivity index (χ3v) is 4.28. The van der Waals surface area contributed by atoms with Crippen molar-refractivity contribution in [3.63, 3.8) is 0 Å². The van der Waals surface area contributed by atoms with Crippen molar-refractivity contribution in [3.8, 4) is 11.3 Å². The molecule has 0 saturated carbocycles. The Morgan fingerprint density at radius 1 is 1.32 bits per heavy atom. The van der Waals surface area contributed by atoms with Crippen molar-refractivity contribution in [3.05, 3.63) is 48.3 Å². The summed E-state index contributed by atoms with van der Waals surface area (Å²) in [5.41, 5.74) is 8.63. The number of carbonyl (C=O) groups is 1. The van der Waals surface area contributed by atoms with E-state index in [1.807, 2.05) is 24.3 Å². The molecule has 1 fully saturated rings. The number of carbonyl (C=O) groups excluding carboxylic acids is 1. The van der Waals surface area contributed by atoms with Crippen molar-refractivity contribution < 1.29 is 9.53 Å². The number of methoxy groups -OCH3 is 1. The van der Waals surface area contributed by atoms with Crippen LogP contribution in [0.1, 0.15) is 18.4 Å². The van der Waals surface area contributed by atoms with Gasteiger partial charge in [-0.3, -0.25) is 4.98 Å². The Kier molecular flexibility index (Phi) is 5.40. The van der Waals surface area contributed by atoms with Crippen LogP contribution in [0.2, 0.25) is 0 Å². The van der Waals surface area contributed by atoms with E-state index in [0.29, 0.717) is 0 Å². The molecule has 2 heterocycles. The summed E-state index contributed by atoms with van der Waals surface area (Å²) in [4.78, 5) is 22.6. The Morgan fingerprint density at radius 2 is 2.12 bits per heavy atom. The molecule has 2 N–H and O–H groups in total. The fourth-order valence-corrected chi connectivity index (χ4v) is 2.81. The van der Waals surface area contributed by atoms with Gasteiger partial charge in [-0.25, -0.2) is 9.78 Å². The Morgan fingerprint density at radius 3 is 2.88 bits per heavy atom. The smallest absolute Gasteiger partial charge is 0.330 e. The van der Waals surface area contributed by atoms with Gasteiger partial charge in [0.05, 0.1) is 25.2 Å². The zero-order valence-electron chi connectivity index (χ0n) is 14.3. The number of nitrogens with zero attached hydrogens (tertiary/aromatic N) is 3. The monoisotopic (exact) mass is 338 g/mol. The summed E-state index contributed by atoms with van der Waals surface area (Å²) >= 11 is 0. The molecule has 1 aromatic carbocycles. The number of piperidine rings is 1. The van der Waals surface area contributed by atoms with Gasteiger partial charge in [0.25, 0.3) is 0 Å². The van der Waals surface area contributed by atoms with Crippen molar-refractivity contribution in [2.24, 2.45) is 5.73 Å². The van der Waals surface area contributed by atoms with E-state index < -0.39 is 0 Å². The van der Waals surface area contributed by atoms with Crippen molar-refractivity contribution in [2.45, 2.75) is 18.9 Å². The summed E-state index contributed by atoms with van der Waals surface area (Å²) in [7, 11) is 1.36. The van der Waals surface area contributed by atoms with Gasteiger partial charge in [-0.2, -0.15) is 0 Å². The van der Waals surface area contributed by atoms with Crippen LogP contribution >= 0.6 is 0 Å². The molecular formula is C19H22N4O2. The van der Waals surface area contributed by atoms with Gasteiger partial charge < -0.3 is 15.4 Å². The number of rotatable bonds is 4. The molecule has 0 bridgehead atoms. The number of hydrogen-bond acceptors (Lipinski definition) is 6. The Hall–Kier alpha value is -2.73. The SMILES string of the molecule is COC(=O)C=Cc1cccc(-c2cncc(N3CCC(N)CC3)n2)c1. The molecule has 1 aliphatic rings. The van der Waals surface area contributed by atoms with Crippen molar-refractivity contribution in [2.75, 3.05) is 25.1 Å². The van der Waals surface area contributed by atoms with E-state index in [2.05, 4.69) is 14.6 Å². The summed E-state index contributed by atoms with van der Waals surface area (Å²) in [6.45, 7) is 1.81. The minimum Gasteiger partial charge on any atom is -0.466 e. The molecule has 3 rings (SSSR count). The predicted octanol–water partition coefficient (Wildman–Crippen LogP) is 2.26. The molecule has 0 spiro atoms. The topological polar surface area (TPSA) is 81.3 Å². The van der Waals surface area contributed by atoms with Crippen molar-refractivity contribution >= 4 is 17.9 Å². The van der Waals surface area contributed by atoms with E-state index in [-0.39, 0.29) is 12.0 Å². The van der Waals surface area contributed by atoms with Gasteiger partial charge in [0.15, 0.2) is 0 Å². The summed E-state index contributed by atoms with van der Waals surface area (Å²) < 4.78 is 4.61. The second-order valence-corrected chi connectivity index (χ2v) is 6.07. The molecule has 130 valence electrons. The Balaban J connectivity index is 1.81. The van der Waals surface area contributed by atoms with Crippen LogP contribution in [0.15, 0.2) is 42.7 Å². The van der Waals surface area contributed by atoms with Crippen LogP contribution in [0.5, 0.6) is 0 Å². The first-order chi connectivity index (χ1) is 12.2. The summed E-state index contributed by atoms with van der Waals surface area (Å²) in [6, 6.07) is 8.09. The van der Waals surface area contributed by atoms with Crippen LogP contribution in [-0.4, -0.2) is 42.2 Å². The molecule has 1 aromatic heterocycles. The highest BCUT2D eigenvalue weighted by Gasteiger charge is 2.17. The number of nitrogens with two attached hydrogens (primary N) is 1. The molecule has 2 aromatic rings. The minimum absolute atomic E-state index is 0.283. The fourth-order valence-electron chi connectivity index (χ4n) is 2.81. The van der Waals surface area contributed by atoms with E-state index in [0.717, 1.165) is 48.6 Å². The van der Waals surface area contributed by atoms with Crippen molar-refractivity contribution in [1.82, 2.24) is 9.97 Å². The number of anilines is 1. The molecule has 0 radical (unpaired) electrons. The van der Waals surface area contributed by atoms with Gasteiger partial charge in [-0.05, 0) is 30.5 Å². The number of hydrogen-bond donors (Lipinski definition) is 1. The van der Waals surface area contributed by atoms with Crippen LogP contribution in [0.3, 0.4) is 0 Å². The van der Waals surface area contributed by atoms with E-state index in [1.54, 1.807) is 18.5 Å². The van der Waals surface area contributed by atoms with Crippen LogP contribution in [-0.2, 0) is 9.53 Å². The van der Waals surface area contributed by atoms with Gasteiger partial charge in [-0.1, -0.05) is 18.2 Å². The third-order valence-electron chi connectivity index (χ3n) is 4.28. The maximum Gasteiger partial charge on any atom is 0.330 e. The van der Waals surface area contributed by atoms with Gasteiger partial charge in [0, 0.05) is 30.8 Å². The van der Waals surface area contributed by atoms with Gasteiger partial charge >= 0.3 is 5.97 Å². The largest absolute Gasteiger partial charge is 0.466 e. The molecule has 25 heavy (non-hydrogen) atoms. The second kappa shape index (κ2) is 7.90. The molecule has 1 aliphatic heterocycles. The highest BCUT2D eigenvalue weighted by molar-refractivity contribution is 5.87. The van der Waals surface area contributed by atoms with Gasteiger partial charge in [0.2, 0.25) is 0 Å². The predicted molar refractivity (Wildman–Crippen MR) is 97.9 cm³/mol. The lowest BCUT2D eigenvalue weighted by Crippen LogP contribution is -2.40. The quantitative estimate of drug-likeness (QED) is 0.680. The lowest BCUT2D eigenvalue weighted by molar-refractivity contribution is -0.134. The van der Waals surface area contributed by atoms with E-state index in [1.165, 1.54) is 13.2 Å². The first kappa shape index (κ1) is 17.1. The summed E-state index contributed by atoms with van der Waals surface area (Å²) in [5, 5.41) is 0. The Labute approximate surface area is 147 Å². The standard InChI is InChI=1S/C19H22N4O2/c1-25-19(24)6-5-14-3-2-4-15(11-14)17-12-21-13-18(22-17)23-9-7-16(20)8-10-23/h2-6,11-13,16H,7-10,20H2,1H3. The van der Waals surface area contributed by atoms with E-state index in [9.17, 15) is 4.79 Å². The van der Waals surface area contributed by atoms with E-state index in [4.69, 9.17) is 10.7 Å². The molecule has 6 nitrogen and oxygen atoms in total. The Bertz CT molecular complexity index is 768. The fraction of sp³-hybridized carbons (Fsp3) is 0.316. The normalized spacial score (nSPS) is 15.5. The number of benzene rings is 1. The zero-order valence-corrected chi connectivity index (χ0v) is 14.3. The van der Waals surface area contributed by atoms with Gasteiger partial charge in [-0.15, -0.1) is 0 Å². The number of aromatic nitrogens is 2.